The first-order valence-electron chi connectivity index (χ1n) is 7.09. The molecule has 0 aliphatic rings. The van der Waals surface area contributed by atoms with Gasteiger partial charge in [-0.15, -0.1) is 17.9 Å². The molecule has 1 N–H and O–H groups in total. The molecule has 0 aliphatic heterocycles. The average molecular weight is 368 g/mol. The van der Waals surface area contributed by atoms with Crippen LogP contribution in [0.15, 0.2) is 58.6 Å². The van der Waals surface area contributed by atoms with Gasteiger partial charge in [0.1, 0.15) is 10.0 Å². The van der Waals surface area contributed by atoms with Gasteiger partial charge in [0, 0.05) is 13.1 Å². The van der Waals surface area contributed by atoms with Gasteiger partial charge in [-0.25, -0.2) is 12.8 Å². The Morgan fingerprint density at radius 3 is 2.58 bits per heavy atom. The number of amides is 1. The van der Waals surface area contributed by atoms with E-state index in [1.165, 1.54) is 24.3 Å². The van der Waals surface area contributed by atoms with Gasteiger partial charge in [-0.05, 0) is 29.1 Å². The maximum absolute atomic E-state index is 12.8. The van der Waals surface area contributed by atoms with Crippen LogP contribution in [0.2, 0.25) is 0 Å². The van der Waals surface area contributed by atoms with Crippen LogP contribution in [0.25, 0.3) is 0 Å². The Bertz CT molecular complexity index is 787. The third-order valence-electron chi connectivity index (χ3n) is 3.14. The molecule has 128 valence electrons. The molecule has 1 amide bonds. The molecule has 0 atom stereocenters. The van der Waals surface area contributed by atoms with Crippen molar-refractivity contribution < 1.29 is 17.6 Å². The Labute approximate surface area is 144 Å². The van der Waals surface area contributed by atoms with Crippen LogP contribution in [-0.2, 0) is 21.4 Å². The number of halogens is 1. The van der Waals surface area contributed by atoms with Crippen molar-refractivity contribution in [2.75, 3.05) is 13.1 Å². The summed E-state index contributed by atoms with van der Waals surface area (Å²) in [6.07, 6.45) is 1.43. The minimum Gasteiger partial charge on any atom is -0.351 e. The summed E-state index contributed by atoms with van der Waals surface area (Å²) >= 11 is 1.09. The van der Waals surface area contributed by atoms with E-state index in [4.69, 9.17) is 0 Å². The maximum atomic E-state index is 12.8. The van der Waals surface area contributed by atoms with Crippen molar-refractivity contribution in [3.63, 3.8) is 0 Å². The Balaban J connectivity index is 2.00. The summed E-state index contributed by atoms with van der Waals surface area (Å²) in [5.74, 6) is -0.800. The van der Waals surface area contributed by atoms with Gasteiger partial charge in [0.25, 0.3) is 10.0 Å². The number of carbonyl (C=O) groups is 1. The molecule has 0 bridgehead atoms. The van der Waals surface area contributed by atoms with E-state index >= 15 is 0 Å². The largest absolute Gasteiger partial charge is 0.351 e. The summed E-state index contributed by atoms with van der Waals surface area (Å²) in [6.45, 7) is 3.45. The number of benzene rings is 1. The summed E-state index contributed by atoms with van der Waals surface area (Å²) < 4.78 is 39.1. The molecular formula is C16H17FN2O3S2. The molecule has 5 nitrogen and oxygen atoms in total. The summed E-state index contributed by atoms with van der Waals surface area (Å²) in [4.78, 5) is 12.1. The van der Waals surface area contributed by atoms with Crippen LogP contribution < -0.4 is 5.32 Å². The lowest BCUT2D eigenvalue weighted by Crippen LogP contribution is -2.40. The normalized spacial score (nSPS) is 11.4. The fourth-order valence-electron chi connectivity index (χ4n) is 1.95. The maximum Gasteiger partial charge on any atom is 0.253 e. The number of nitrogens with one attached hydrogen (secondary N) is 1. The van der Waals surface area contributed by atoms with Crippen LogP contribution in [0.1, 0.15) is 5.56 Å². The third kappa shape index (κ3) is 4.73. The lowest BCUT2D eigenvalue weighted by atomic mass is 10.2. The molecule has 0 saturated carbocycles. The topological polar surface area (TPSA) is 66.5 Å². The van der Waals surface area contributed by atoms with Crippen LogP contribution in [0.3, 0.4) is 0 Å². The van der Waals surface area contributed by atoms with Crippen molar-refractivity contribution in [1.29, 1.82) is 0 Å². The van der Waals surface area contributed by atoms with Crippen molar-refractivity contribution in [2.24, 2.45) is 0 Å². The molecule has 24 heavy (non-hydrogen) atoms. The number of carbonyl (C=O) groups excluding carboxylic acids is 1. The van der Waals surface area contributed by atoms with Gasteiger partial charge in [-0.3, -0.25) is 4.79 Å². The number of rotatable bonds is 8. The highest BCUT2D eigenvalue weighted by Gasteiger charge is 2.26. The van der Waals surface area contributed by atoms with Gasteiger partial charge in [-0.2, -0.15) is 4.31 Å². The quantitative estimate of drug-likeness (QED) is 0.728. The summed E-state index contributed by atoms with van der Waals surface area (Å²) in [5.41, 5.74) is 0.723. The molecule has 0 unspecified atom stereocenters. The van der Waals surface area contributed by atoms with Crippen molar-refractivity contribution in [3.8, 4) is 0 Å². The van der Waals surface area contributed by atoms with E-state index in [0.29, 0.717) is 0 Å². The zero-order chi connectivity index (χ0) is 17.6. The standard InChI is InChI=1S/C16H17FN2O3S2/c1-2-9-19(24(21,22)16-4-3-10-23-16)12-15(20)18-11-13-5-7-14(17)8-6-13/h2-8,10H,1,9,11-12H2,(H,18,20). The van der Waals surface area contributed by atoms with E-state index in [1.54, 1.807) is 23.6 Å². The molecule has 0 fully saturated rings. The SMILES string of the molecule is C=CCN(CC(=O)NCc1ccc(F)cc1)S(=O)(=O)c1cccs1. The van der Waals surface area contributed by atoms with Gasteiger partial charge in [0.05, 0.1) is 6.54 Å². The van der Waals surface area contributed by atoms with E-state index in [9.17, 15) is 17.6 Å². The number of thiophene rings is 1. The van der Waals surface area contributed by atoms with Crippen molar-refractivity contribution >= 4 is 27.3 Å². The molecule has 0 radical (unpaired) electrons. The van der Waals surface area contributed by atoms with E-state index in [2.05, 4.69) is 11.9 Å². The molecule has 8 heteroatoms. The van der Waals surface area contributed by atoms with Gasteiger partial charge >= 0.3 is 0 Å². The van der Waals surface area contributed by atoms with E-state index in [0.717, 1.165) is 21.2 Å². The smallest absolute Gasteiger partial charge is 0.253 e. The molecule has 1 aromatic carbocycles. The Hall–Kier alpha value is -2.03. The molecule has 0 spiro atoms. The van der Waals surface area contributed by atoms with Crippen LogP contribution in [0, 0.1) is 5.82 Å². The molecule has 0 saturated heterocycles. The van der Waals surface area contributed by atoms with Crippen LogP contribution in [0.5, 0.6) is 0 Å². The summed E-state index contributed by atoms with van der Waals surface area (Å²) in [6, 6.07) is 8.84. The average Bonchev–Trinajstić information content (AvgIpc) is 3.09. The Morgan fingerprint density at radius 2 is 2.00 bits per heavy atom. The van der Waals surface area contributed by atoms with Gasteiger partial charge in [0.15, 0.2) is 0 Å². The van der Waals surface area contributed by atoms with Crippen molar-refractivity contribution in [1.82, 2.24) is 9.62 Å². The highest BCUT2D eigenvalue weighted by molar-refractivity contribution is 7.91. The van der Waals surface area contributed by atoms with Gasteiger partial charge in [0.2, 0.25) is 5.91 Å². The number of hydrogen-bond donors (Lipinski definition) is 1. The van der Waals surface area contributed by atoms with Gasteiger partial charge < -0.3 is 5.32 Å². The van der Waals surface area contributed by atoms with Crippen LogP contribution in [0.4, 0.5) is 4.39 Å². The van der Waals surface area contributed by atoms with E-state index in [-0.39, 0.29) is 29.7 Å². The number of hydrogen-bond acceptors (Lipinski definition) is 4. The Kier molecular flexibility index (Phi) is 6.24. The highest BCUT2D eigenvalue weighted by atomic mass is 32.2. The summed E-state index contributed by atoms with van der Waals surface area (Å²) in [5, 5.41) is 4.29. The minimum absolute atomic E-state index is 0.0319. The minimum atomic E-state index is -3.73. The number of sulfonamides is 1. The van der Waals surface area contributed by atoms with E-state index in [1.807, 2.05) is 0 Å². The highest BCUT2D eigenvalue weighted by Crippen LogP contribution is 2.20. The first-order valence-corrected chi connectivity index (χ1v) is 9.41. The Morgan fingerprint density at radius 1 is 1.29 bits per heavy atom. The monoisotopic (exact) mass is 368 g/mol. The van der Waals surface area contributed by atoms with Crippen LogP contribution >= 0.6 is 11.3 Å². The lowest BCUT2D eigenvalue weighted by Gasteiger charge is -2.19. The molecule has 1 aromatic heterocycles. The predicted molar refractivity (Wildman–Crippen MR) is 91.5 cm³/mol. The number of nitrogens with zero attached hydrogens (tertiary/aromatic N) is 1. The zero-order valence-electron chi connectivity index (χ0n) is 12.8. The zero-order valence-corrected chi connectivity index (χ0v) is 14.4. The first-order chi connectivity index (χ1) is 11.4. The summed E-state index contributed by atoms with van der Waals surface area (Å²) in [7, 11) is -3.73. The molecule has 2 rings (SSSR count). The first kappa shape index (κ1) is 18.3. The fraction of sp³-hybridized carbons (Fsp3) is 0.188. The second-order valence-corrected chi connectivity index (χ2v) is 8.03. The van der Waals surface area contributed by atoms with Crippen LogP contribution in [-0.4, -0.2) is 31.7 Å². The fourth-order valence-corrected chi connectivity index (χ4v) is 4.46. The molecule has 1 heterocycles. The van der Waals surface area contributed by atoms with Crippen molar-refractivity contribution in [3.05, 3.63) is 65.8 Å². The van der Waals surface area contributed by atoms with E-state index < -0.39 is 15.9 Å². The molecule has 0 aliphatic carbocycles. The third-order valence-corrected chi connectivity index (χ3v) is 6.33. The van der Waals surface area contributed by atoms with Crippen molar-refractivity contribution in [2.45, 2.75) is 10.8 Å². The molecule has 2 aromatic rings. The molecular weight excluding hydrogens is 351 g/mol. The van der Waals surface area contributed by atoms with Gasteiger partial charge in [-0.1, -0.05) is 24.3 Å². The second kappa shape index (κ2) is 8.18. The predicted octanol–water partition coefficient (Wildman–Crippen LogP) is 2.38. The lowest BCUT2D eigenvalue weighted by molar-refractivity contribution is -0.121. The second-order valence-electron chi connectivity index (χ2n) is 4.92.